The minimum atomic E-state index is -0.857. The van der Waals surface area contributed by atoms with Crippen LogP contribution in [-0.4, -0.2) is 19.7 Å². The Bertz CT molecular complexity index is 409. The molecule has 17 heavy (non-hydrogen) atoms. The number of hydrogen-bond acceptors (Lipinski definition) is 2. The van der Waals surface area contributed by atoms with Crippen LogP contribution in [0.2, 0.25) is 0 Å². The Morgan fingerprint density at radius 2 is 2.06 bits per heavy atom. The molecule has 0 aromatic carbocycles. The average Bonchev–Trinajstić information content (AvgIpc) is 2.60. The summed E-state index contributed by atoms with van der Waals surface area (Å²) in [7, 11) is -0.857. The third-order valence-electron chi connectivity index (χ3n) is 2.58. The van der Waals surface area contributed by atoms with Crippen molar-refractivity contribution in [2.75, 3.05) is 5.75 Å². The molecule has 0 aliphatic carbocycles. The molecule has 1 atom stereocenters. The second-order valence-electron chi connectivity index (χ2n) is 4.27. The molecule has 1 N–H and O–H groups in total. The van der Waals surface area contributed by atoms with Crippen LogP contribution in [0.3, 0.4) is 0 Å². The topological polar surface area (TPSA) is 54.9 Å². The molecule has 5 heteroatoms. The SMILES string of the molecule is CCCCCn1[nH]c(CS(=O)CCC)cc1=O. The number of aromatic amines is 1. The van der Waals surface area contributed by atoms with Gasteiger partial charge in [0.25, 0.3) is 5.56 Å². The molecule has 0 saturated carbocycles. The Hall–Kier alpha value is -0.840. The first-order valence-corrected chi connectivity index (χ1v) is 7.79. The first kappa shape index (κ1) is 14.2. The maximum Gasteiger partial charge on any atom is 0.266 e. The summed E-state index contributed by atoms with van der Waals surface area (Å²) in [5, 5.41) is 3.04. The Balaban J connectivity index is 2.55. The smallest absolute Gasteiger partial charge is 0.266 e. The van der Waals surface area contributed by atoms with Crippen molar-refractivity contribution in [1.29, 1.82) is 0 Å². The molecule has 1 aromatic heterocycles. The number of aromatic nitrogens is 2. The summed E-state index contributed by atoms with van der Waals surface area (Å²) >= 11 is 0. The van der Waals surface area contributed by atoms with Gasteiger partial charge in [-0.3, -0.25) is 18.8 Å². The fourth-order valence-corrected chi connectivity index (χ4v) is 2.82. The van der Waals surface area contributed by atoms with Crippen LogP contribution in [0.1, 0.15) is 45.2 Å². The Kier molecular flexibility index (Phi) is 6.26. The quantitative estimate of drug-likeness (QED) is 0.725. The molecule has 1 heterocycles. The van der Waals surface area contributed by atoms with E-state index in [1.807, 2.05) is 6.92 Å². The van der Waals surface area contributed by atoms with Gasteiger partial charge in [0.15, 0.2) is 0 Å². The summed E-state index contributed by atoms with van der Waals surface area (Å²) in [5.41, 5.74) is 0.780. The van der Waals surface area contributed by atoms with Gasteiger partial charge in [0.1, 0.15) is 0 Å². The highest BCUT2D eigenvalue weighted by molar-refractivity contribution is 7.84. The number of nitrogens with one attached hydrogen (secondary N) is 1. The maximum absolute atomic E-state index is 11.6. The molecule has 0 radical (unpaired) electrons. The number of unbranched alkanes of at least 4 members (excludes halogenated alkanes) is 2. The van der Waals surface area contributed by atoms with Crippen molar-refractivity contribution in [3.8, 4) is 0 Å². The van der Waals surface area contributed by atoms with E-state index in [0.717, 1.165) is 37.9 Å². The molecule has 0 amide bonds. The van der Waals surface area contributed by atoms with E-state index in [1.165, 1.54) is 0 Å². The molecular formula is C12H22N2O2S. The van der Waals surface area contributed by atoms with Crippen molar-refractivity contribution in [2.24, 2.45) is 0 Å². The summed E-state index contributed by atoms with van der Waals surface area (Å²) in [5.74, 6) is 1.16. The van der Waals surface area contributed by atoms with Gasteiger partial charge < -0.3 is 0 Å². The molecule has 4 nitrogen and oxygen atoms in total. The van der Waals surface area contributed by atoms with Crippen molar-refractivity contribution in [1.82, 2.24) is 9.78 Å². The Morgan fingerprint density at radius 3 is 2.71 bits per heavy atom. The third-order valence-corrected chi connectivity index (χ3v) is 4.07. The molecule has 0 aliphatic heterocycles. The lowest BCUT2D eigenvalue weighted by Crippen LogP contribution is -2.15. The lowest BCUT2D eigenvalue weighted by atomic mass is 10.2. The van der Waals surface area contributed by atoms with Gasteiger partial charge in [0.05, 0.1) is 5.75 Å². The van der Waals surface area contributed by atoms with Gasteiger partial charge >= 0.3 is 0 Å². The van der Waals surface area contributed by atoms with Gasteiger partial charge in [-0.05, 0) is 12.8 Å². The highest BCUT2D eigenvalue weighted by Gasteiger charge is 2.06. The molecular weight excluding hydrogens is 236 g/mol. The molecule has 0 fully saturated rings. The predicted octanol–water partition coefficient (Wildman–Crippen LogP) is 2.03. The fraction of sp³-hybridized carbons (Fsp3) is 0.750. The highest BCUT2D eigenvalue weighted by Crippen LogP contribution is 2.01. The first-order chi connectivity index (χ1) is 8.17. The van der Waals surface area contributed by atoms with E-state index in [2.05, 4.69) is 12.0 Å². The minimum Gasteiger partial charge on any atom is -0.299 e. The second-order valence-corrected chi connectivity index (χ2v) is 5.84. The van der Waals surface area contributed by atoms with Crippen LogP contribution >= 0.6 is 0 Å². The van der Waals surface area contributed by atoms with Crippen LogP contribution in [0.4, 0.5) is 0 Å². The van der Waals surface area contributed by atoms with Gasteiger partial charge in [-0.2, -0.15) is 0 Å². The van der Waals surface area contributed by atoms with E-state index < -0.39 is 10.8 Å². The van der Waals surface area contributed by atoms with Crippen LogP contribution in [0.25, 0.3) is 0 Å². The van der Waals surface area contributed by atoms with E-state index in [4.69, 9.17) is 0 Å². The highest BCUT2D eigenvalue weighted by atomic mass is 32.2. The lowest BCUT2D eigenvalue weighted by molar-refractivity contribution is 0.537. The van der Waals surface area contributed by atoms with Crippen molar-refractivity contribution in [3.63, 3.8) is 0 Å². The molecule has 0 bridgehead atoms. The molecule has 98 valence electrons. The molecule has 1 aromatic rings. The summed E-state index contributed by atoms with van der Waals surface area (Å²) < 4.78 is 13.2. The largest absolute Gasteiger partial charge is 0.299 e. The number of rotatable bonds is 8. The van der Waals surface area contributed by atoms with Crippen LogP contribution in [0, 0.1) is 0 Å². The molecule has 1 unspecified atom stereocenters. The normalized spacial score (nSPS) is 12.8. The monoisotopic (exact) mass is 258 g/mol. The average molecular weight is 258 g/mol. The third kappa shape index (κ3) is 4.89. The van der Waals surface area contributed by atoms with Gasteiger partial charge in [-0.15, -0.1) is 0 Å². The van der Waals surface area contributed by atoms with Gasteiger partial charge in [-0.1, -0.05) is 26.7 Å². The number of aryl methyl sites for hydroxylation is 1. The van der Waals surface area contributed by atoms with Crippen molar-refractivity contribution in [2.45, 2.75) is 51.8 Å². The lowest BCUT2D eigenvalue weighted by Gasteiger charge is -2.01. The van der Waals surface area contributed by atoms with Gasteiger partial charge in [0, 0.05) is 34.9 Å². The molecule has 1 rings (SSSR count). The first-order valence-electron chi connectivity index (χ1n) is 6.31. The van der Waals surface area contributed by atoms with E-state index >= 15 is 0 Å². The Morgan fingerprint density at radius 1 is 1.29 bits per heavy atom. The van der Waals surface area contributed by atoms with E-state index in [1.54, 1.807) is 10.7 Å². The number of nitrogens with zero attached hydrogens (tertiary/aromatic N) is 1. The van der Waals surface area contributed by atoms with Crippen molar-refractivity contribution >= 4 is 10.8 Å². The summed E-state index contributed by atoms with van der Waals surface area (Å²) in [6, 6.07) is 1.57. The zero-order chi connectivity index (χ0) is 12.7. The fourth-order valence-electron chi connectivity index (χ4n) is 1.72. The van der Waals surface area contributed by atoms with Crippen LogP contribution in [-0.2, 0) is 23.1 Å². The van der Waals surface area contributed by atoms with Crippen molar-refractivity contribution < 1.29 is 4.21 Å². The van der Waals surface area contributed by atoms with Crippen molar-refractivity contribution in [3.05, 3.63) is 22.1 Å². The number of H-pyrrole nitrogens is 1. The summed E-state index contributed by atoms with van der Waals surface area (Å²) in [6.07, 6.45) is 4.19. The van der Waals surface area contributed by atoms with Gasteiger partial charge in [-0.25, -0.2) is 0 Å². The van der Waals surface area contributed by atoms with Crippen LogP contribution in [0.15, 0.2) is 10.9 Å². The molecule has 0 saturated heterocycles. The van der Waals surface area contributed by atoms with Crippen LogP contribution < -0.4 is 5.56 Å². The zero-order valence-electron chi connectivity index (χ0n) is 10.7. The maximum atomic E-state index is 11.6. The van der Waals surface area contributed by atoms with E-state index in [9.17, 15) is 9.00 Å². The van der Waals surface area contributed by atoms with E-state index in [0.29, 0.717) is 11.5 Å². The zero-order valence-corrected chi connectivity index (χ0v) is 11.5. The molecule has 0 spiro atoms. The minimum absolute atomic E-state index is 0.00963. The number of hydrogen-bond donors (Lipinski definition) is 1. The summed E-state index contributed by atoms with van der Waals surface area (Å²) in [4.78, 5) is 11.6. The summed E-state index contributed by atoms with van der Waals surface area (Å²) in [6.45, 7) is 4.88. The second kappa shape index (κ2) is 7.48. The van der Waals surface area contributed by atoms with Crippen LogP contribution in [0.5, 0.6) is 0 Å². The van der Waals surface area contributed by atoms with Gasteiger partial charge in [0.2, 0.25) is 0 Å². The Labute approximate surface area is 105 Å². The van der Waals surface area contributed by atoms with E-state index in [-0.39, 0.29) is 5.56 Å². The standard InChI is InChI=1S/C12H22N2O2S/c1-3-5-6-7-14-12(15)9-11(13-14)10-17(16)8-4-2/h9,13H,3-8,10H2,1-2H3. The predicted molar refractivity (Wildman–Crippen MR) is 71.6 cm³/mol. The molecule has 0 aliphatic rings.